The first-order valence-corrected chi connectivity index (χ1v) is 6.78. The van der Waals surface area contributed by atoms with E-state index >= 15 is 0 Å². The predicted molar refractivity (Wildman–Crippen MR) is 82.5 cm³/mol. The van der Waals surface area contributed by atoms with E-state index in [4.69, 9.17) is 27.8 Å². The van der Waals surface area contributed by atoms with Gasteiger partial charge in [0.15, 0.2) is 0 Å². The van der Waals surface area contributed by atoms with Gasteiger partial charge >= 0.3 is 0 Å². The molecule has 0 aliphatic carbocycles. The van der Waals surface area contributed by atoms with E-state index in [0.717, 1.165) is 10.0 Å². The van der Waals surface area contributed by atoms with Crippen LogP contribution >= 0.6 is 28.1 Å². The van der Waals surface area contributed by atoms with Gasteiger partial charge in [0.05, 0.1) is 12.2 Å². The number of ether oxygens (including phenoxy) is 1. The molecule has 98 valence electrons. The lowest BCUT2D eigenvalue weighted by molar-refractivity contribution is 0.281. The second-order valence-corrected chi connectivity index (χ2v) is 5.18. The molecule has 5 heteroatoms. The molecule has 0 spiro atoms. The summed E-state index contributed by atoms with van der Waals surface area (Å²) >= 11 is 8.43. The van der Waals surface area contributed by atoms with Crippen molar-refractivity contribution in [2.75, 3.05) is 0 Å². The topological polar surface area (TPSA) is 55.5 Å². The van der Waals surface area contributed by atoms with E-state index in [1.54, 1.807) is 30.3 Å². The summed E-state index contributed by atoms with van der Waals surface area (Å²) in [6, 6.07) is 12.7. The standard InChI is InChI=1S/C14H12BrNO2S/c15-11-2-1-3-12(13(11)14(16)19)18-10-6-4-9(8-17)5-7-10/h1-7,17H,8H2,(H2,16,19). The normalized spacial score (nSPS) is 10.2. The van der Waals surface area contributed by atoms with Crippen molar-refractivity contribution in [3.8, 4) is 11.5 Å². The molecule has 19 heavy (non-hydrogen) atoms. The molecule has 0 radical (unpaired) electrons. The van der Waals surface area contributed by atoms with E-state index < -0.39 is 0 Å². The Labute approximate surface area is 125 Å². The molecular weight excluding hydrogens is 326 g/mol. The molecule has 3 nitrogen and oxygen atoms in total. The molecule has 0 heterocycles. The number of aliphatic hydroxyl groups excluding tert-OH is 1. The number of hydrogen-bond donors (Lipinski definition) is 2. The second kappa shape index (κ2) is 6.14. The van der Waals surface area contributed by atoms with Crippen molar-refractivity contribution in [3.05, 3.63) is 58.1 Å². The van der Waals surface area contributed by atoms with Crippen molar-refractivity contribution in [3.63, 3.8) is 0 Å². The van der Waals surface area contributed by atoms with Crippen LogP contribution < -0.4 is 10.5 Å². The Hall–Kier alpha value is -1.43. The van der Waals surface area contributed by atoms with E-state index in [0.29, 0.717) is 17.1 Å². The first-order valence-electron chi connectivity index (χ1n) is 5.58. The van der Waals surface area contributed by atoms with Gasteiger partial charge in [0.2, 0.25) is 0 Å². The fourth-order valence-electron chi connectivity index (χ4n) is 1.62. The third-order valence-corrected chi connectivity index (χ3v) is 3.42. The summed E-state index contributed by atoms with van der Waals surface area (Å²) in [5.41, 5.74) is 7.20. The Morgan fingerprint density at radius 3 is 2.47 bits per heavy atom. The van der Waals surface area contributed by atoms with E-state index in [2.05, 4.69) is 15.9 Å². The fourth-order valence-corrected chi connectivity index (χ4v) is 2.52. The average Bonchev–Trinajstić information content (AvgIpc) is 2.39. The van der Waals surface area contributed by atoms with Crippen LogP contribution in [0.15, 0.2) is 46.9 Å². The van der Waals surface area contributed by atoms with Gasteiger partial charge in [0.1, 0.15) is 16.5 Å². The minimum Gasteiger partial charge on any atom is -0.457 e. The van der Waals surface area contributed by atoms with Crippen LogP contribution in [-0.4, -0.2) is 10.1 Å². The SMILES string of the molecule is NC(=S)c1c(Br)cccc1Oc1ccc(CO)cc1. The van der Waals surface area contributed by atoms with Gasteiger partial charge in [0, 0.05) is 4.47 Å². The van der Waals surface area contributed by atoms with Gasteiger partial charge in [-0.05, 0) is 45.8 Å². The Kier molecular flexibility index (Phi) is 4.52. The van der Waals surface area contributed by atoms with E-state index in [-0.39, 0.29) is 11.6 Å². The number of thiocarbonyl (C=S) groups is 1. The first-order chi connectivity index (χ1) is 9.11. The number of rotatable bonds is 4. The lowest BCUT2D eigenvalue weighted by atomic mass is 10.2. The van der Waals surface area contributed by atoms with Crippen LogP contribution in [0.4, 0.5) is 0 Å². The molecular formula is C14H12BrNO2S. The summed E-state index contributed by atoms with van der Waals surface area (Å²) in [5.74, 6) is 1.26. The maximum absolute atomic E-state index is 8.99. The zero-order valence-electron chi connectivity index (χ0n) is 9.97. The van der Waals surface area contributed by atoms with Crippen LogP contribution in [0.5, 0.6) is 11.5 Å². The molecule has 0 aliphatic heterocycles. The van der Waals surface area contributed by atoms with Crippen LogP contribution in [0.1, 0.15) is 11.1 Å². The lowest BCUT2D eigenvalue weighted by Gasteiger charge is -2.12. The molecule has 2 aromatic rings. The smallest absolute Gasteiger partial charge is 0.138 e. The highest BCUT2D eigenvalue weighted by Gasteiger charge is 2.11. The van der Waals surface area contributed by atoms with Gasteiger partial charge in [-0.3, -0.25) is 0 Å². The van der Waals surface area contributed by atoms with E-state index in [9.17, 15) is 0 Å². The lowest BCUT2D eigenvalue weighted by Crippen LogP contribution is -2.11. The molecule has 0 aromatic heterocycles. The third-order valence-electron chi connectivity index (χ3n) is 2.56. The molecule has 0 atom stereocenters. The molecule has 0 aliphatic rings. The first kappa shape index (κ1) is 14.0. The summed E-state index contributed by atoms with van der Waals surface area (Å²) in [6.45, 7) is 0.00923. The van der Waals surface area contributed by atoms with Crippen molar-refractivity contribution in [2.45, 2.75) is 6.61 Å². The van der Waals surface area contributed by atoms with Crippen LogP contribution in [0.25, 0.3) is 0 Å². The van der Waals surface area contributed by atoms with Crippen molar-refractivity contribution in [1.29, 1.82) is 0 Å². The summed E-state index contributed by atoms with van der Waals surface area (Å²) in [7, 11) is 0. The largest absolute Gasteiger partial charge is 0.457 e. The van der Waals surface area contributed by atoms with Crippen LogP contribution in [0, 0.1) is 0 Å². The molecule has 3 N–H and O–H groups in total. The second-order valence-electron chi connectivity index (χ2n) is 3.88. The van der Waals surface area contributed by atoms with Crippen molar-refractivity contribution in [2.24, 2.45) is 5.73 Å². The predicted octanol–water partition coefficient (Wildman–Crippen LogP) is 3.37. The minimum atomic E-state index is 0.00923. The monoisotopic (exact) mass is 337 g/mol. The molecule has 2 rings (SSSR count). The van der Waals surface area contributed by atoms with Gasteiger partial charge in [-0.2, -0.15) is 0 Å². The molecule has 0 unspecified atom stereocenters. The highest BCUT2D eigenvalue weighted by atomic mass is 79.9. The van der Waals surface area contributed by atoms with Crippen molar-refractivity contribution < 1.29 is 9.84 Å². The van der Waals surface area contributed by atoms with E-state index in [1.807, 2.05) is 12.1 Å². The van der Waals surface area contributed by atoms with Crippen molar-refractivity contribution in [1.82, 2.24) is 0 Å². The number of halogens is 1. The maximum Gasteiger partial charge on any atom is 0.138 e. The zero-order chi connectivity index (χ0) is 13.8. The summed E-state index contributed by atoms with van der Waals surface area (Å²) in [4.78, 5) is 0.273. The van der Waals surface area contributed by atoms with Crippen LogP contribution in [0.3, 0.4) is 0 Å². The van der Waals surface area contributed by atoms with Gasteiger partial charge < -0.3 is 15.6 Å². The van der Waals surface area contributed by atoms with Gasteiger partial charge in [-0.15, -0.1) is 0 Å². The van der Waals surface area contributed by atoms with Crippen LogP contribution in [0.2, 0.25) is 0 Å². The Bertz CT molecular complexity index is 599. The van der Waals surface area contributed by atoms with Gasteiger partial charge in [0.25, 0.3) is 0 Å². The number of aliphatic hydroxyl groups is 1. The molecule has 0 bridgehead atoms. The highest BCUT2D eigenvalue weighted by molar-refractivity contribution is 9.10. The fraction of sp³-hybridized carbons (Fsp3) is 0.0714. The molecule has 0 amide bonds. The number of hydrogen-bond acceptors (Lipinski definition) is 3. The summed E-state index contributed by atoms with van der Waals surface area (Å²) in [5, 5.41) is 8.99. The quantitative estimate of drug-likeness (QED) is 0.840. The number of benzene rings is 2. The Morgan fingerprint density at radius 1 is 1.21 bits per heavy atom. The summed E-state index contributed by atoms with van der Waals surface area (Å²) in [6.07, 6.45) is 0. The van der Waals surface area contributed by atoms with Gasteiger partial charge in [-0.1, -0.05) is 30.4 Å². The molecule has 0 fully saturated rings. The Morgan fingerprint density at radius 2 is 1.89 bits per heavy atom. The van der Waals surface area contributed by atoms with E-state index in [1.165, 1.54) is 0 Å². The Balaban J connectivity index is 2.32. The molecule has 0 saturated carbocycles. The minimum absolute atomic E-state index is 0.00923. The molecule has 2 aromatic carbocycles. The number of nitrogens with two attached hydrogens (primary N) is 1. The highest BCUT2D eigenvalue weighted by Crippen LogP contribution is 2.30. The van der Waals surface area contributed by atoms with Crippen molar-refractivity contribution >= 4 is 33.1 Å². The zero-order valence-corrected chi connectivity index (χ0v) is 12.4. The van der Waals surface area contributed by atoms with Gasteiger partial charge in [-0.25, -0.2) is 0 Å². The molecule has 0 saturated heterocycles. The maximum atomic E-state index is 8.99. The third kappa shape index (κ3) is 3.32. The summed E-state index contributed by atoms with van der Waals surface area (Å²) < 4.78 is 6.57. The average molecular weight is 338 g/mol. The van der Waals surface area contributed by atoms with Crippen LogP contribution in [-0.2, 0) is 6.61 Å².